The van der Waals surface area contributed by atoms with E-state index < -0.39 is 6.10 Å². The largest absolute Gasteiger partial charge is 0.478 e. The number of hydrogen-bond donors (Lipinski definition) is 0. The fourth-order valence-electron chi connectivity index (χ4n) is 5.01. The molecule has 0 radical (unpaired) electrons. The van der Waals surface area contributed by atoms with Crippen LogP contribution in [0.4, 0.5) is 5.69 Å². The molecule has 3 aromatic carbocycles. The number of rotatable bonds is 7. The summed E-state index contributed by atoms with van der Waals surface area (Å²) in [5, 5.41) is 2.81. The van der Waals surface area contributed by atoms with Gasteiger partial charge in [0.2, 0.25) is 5.91 Å². The molecule has 186 valence electrons. The molecule has 0 unspecified atom stereocenters. The molecular weight excluding hydrogens is 474 g/mol. The Morgan fingerprint density at radius 3 is 2.64 bits per heavy atom. The zero-order valence-corrected chi connectivity index (χ0v) is 21.4. The highest BCUT2D eigenvalue weighted by molar-refractivity contribution is 6.34. The van der Waals surface area contributed by atoms with Crippen LogP contribution in [0.15, 0.2) is 67.3 Å². The van der Waals surface area contributed by atoms with Crippen LogP contribution in [0.1, 0.15) is 6.42 Å². The fraction of sp³-hybridized carbons (Fsp3) is 0.310. The highest BCUT2D eigenvalue weighted by atomic mass is 35.5. The third kappa shape index (κ3) is 4.59. The lowest BCUT2D eigenvalue weighted by molar-refractivity contribution is -0.132. The van der Waals surface area contributed by atoms with Crippen molar-refractivity contribution in [3.05, 3.63) is 72.3 Å². The second kappa shape index (κ2) is 9.96. The Bertz CT molecular complexity index is 1330. The normalized spacial score (nSPS) is 17.7. The van der Waals surface area contributed by atoms with Gasteiger partial charge >= 0.3 is 0 Å². The van der Waals surface area contributed by atoms with Crippen molar-refractivity contribution in [1.82, 2.24) is 9.80 Å². The molecule has 2 heterocycles. The first kappa shape index (κ1) is 24.3. The van der Waals surface area contributed by atoms with E-state index in [1.165, 1.54) is 6.08 Å². The smallest absolute Gasteiger partial charge is 0.268 e. The zero-order valence-electron chi connectivity index (χ0n) is 20.6. The minimum Gasteiger partial charge on any atom is -0.478 e. The van der Waals surface area contributed by atoms with Gasteiger partial charge in [0.05, 0.1) is 10.7 Å². The molecule has 2 aliphatic heterocycles. The van der Waals surface area contributed by atoms with Gasteiger partial charge in [-0.3, -0.25) is 9.59 Å². The predicted molar refractivity (Wildman–Crippen MR) is 145 cm³/mol. The van der Waals surface area contributed by atoms with E-state index in [-0.39, 0.29) is 17.7 Å². The Balaban J connectivity index is 1.51. The number of hydrogen-bond acceptors (Lipinski definition) is 4. The van der Waals surface area contributed by atoms with Crippen LogP contribution in [0.3, 0.4) is 0 Å². The van der Waals surface area contributed by atoms with Crippen molar-refractivity contribution in [3.8, 4) is 16.9 Å². The molecule has 1 fully saturated rings. The van der Waals surface area contributed by atoms with Crippen molar-refractivity contribution in [1.29, 1.82) is 0 Å². The fourth-order valence-corrected chi connectivity index (χ4v) is 5.27. The molecule has 36 heavy (non-hydrogen) atoms. The van der Waals surface area contributed by atoms with E-state index in [0.29, 0.717) is 42.5 Å². The molecule has 0 bridgehead atoms. The topological polar surface area (TPSA) is 53.1 Å². The number of fused-ring (bicyclic) bond motifs is 2. The van der Waals surface area contributed by atoms with Crippen LogP contribution in [0, 0.1) is 5.92 Å². The molecule has 5 rings (SSSR count). The number of anilines is 1. The van der Waals surface area contributed by atoms with Gasteiger partial charge < -0.3 is 19.4 Å². The number of carbonyl (C=O) groups excluding carboxylic acids is 2. The molecule has 0 saturated carbocycles. The summed E-state index contributed by atoms with van der Waals surface area (Å²) in [6.45, 7) is 6.02. The molecule has 6 nitrogen and oxygen atoms in total. The van der Waals surface area contributed by atoms with E-state index in [9.17, 15) is 9.59 Å². The quantitative estimate of drug-likeness (QED) is 0.432. The van der Waals surface area contributed by atoms with E-state index >= 15 is 0 Å². The molecule has 0 aromatic heterocycles. The van der Waals surface area contributed by atoms with Crippen molar-refractivity contribution in [2.75, 3.05) is 45.2 Å². The average Bonchev–Trinajstić information content (AvgIpc) is 2.85. The molecule has 1 saturated heterocycles. The van der Waals surface area contributed by atoms with Gasteiger partial charge in [-0.05, 0) is 48.6 Å². The maximum absolute atomic E-state index is 13.5. The van der Waals surface area contributed by atoms with Crippen LogP contribution < -0.4 is 9.64 Å². The van der Waals surface area contributed by atoms with Crippen molar-refractivity contribution < 1.29 is 14.3 Å². The summed E-state index contributed by atoms with van der Waals surface area (Å²) in [6, 6.07) is 18.2. The van der Waals surface area contributed by atoms with Gasteiger partial charge in [0.15, 0.2) is 6.10 Å². The van der Waals surface area contributed by atoms with Crippen LogP contribution >= 0.6 is 11.6 Å². The summed E-state index contributed by atoms with van der Waals surface area (Å²) < 4.78 is 6.31. The van der Waals surface area contributed by atoms with Gasteiger partial charge in [-0.1, -0.05) is 60.6 Å². The lowest BCUT2D eigenvalue weighted by Gasteiger charge is -2.43. The minimum absolute atomic E-state index is 0.0631. The van der Waals surface area contributed by atoms with Crippen LogP contribution in [0.2, 0.25) is 5.02 Å². The number of halogens is 1. The highest BCUT2D eigenvalue weighted by Crippen LogP contribution is 2.44. The number of benzene rings is 3. The highest BCUT2D eigenvalue weighted by Gasteiger charge is 2.39. The SMILES string of the molecule is C=CC(=O)N1CC(CN2C(=O)[C@@H](CCN(C)C)Oc3cc(-c4cccc5ccccc45)c(Cl)cc32)C1. The molecule has 3 aromatic rings. The second-order valence-corrected chi connectivity index (χ2v) is 10.2. The summed E-state index contributed by atoms with van der Waals surface area (Å²) >= 11 is 6.85. The third-order valence-electron chi connectivity index (χ3n) is 6.95. The van der Waals surface area contributed by atoms with E-state index in [1.807, 2.05) is 49.3 Å². The molecule has 0 spiro atoms. The Labute approximate surface area is 216 Å². The van der Waals surface area contributed by atoms with Crippen molar-refractivity contribution >= 4 is 39.9 Å². The molecule has 1 atom stereocenters. The van der Waals surface area contributed by atoms with Crippen LogP contribution in [0.5, 0.6) is 5.75 Å². The van der Waals surface area contributed by atoms with E-state index in [1.54, 1.807) is 9.80 Å². The number of carbonyl (C=O) groups is 2. The van der Waals surface area contributed by atoms with E-state index in [0.717, 1.165) is 28.4 Å². The van der Waals surface area contributed by atoms with Gasteiger partial charge in [-0.2, -0.15) is 0 Å². The van der Waals surface area contributed by atoms with Crippen molar-refractivity contribution in [3.63, 3.8) is 0 Å². The van der Waals surface area contributed by atoms with E-state index in [4.69, 9.17) is 16.3 Å². The molecule has 0 aliphatic carbocycles. The minimum atomic E-state index is -0.576. The first-order valence-corrected chi connectivity index (χ1v) is 12.6. The summed E-state index contributed by atoms with van der Waals surface area (Å²) in [5.74, 6) is 0.706. The third-order valence-corrected chi connectivity index (χ3v) is 7.27. The first-order chi connectivity index (χ1) is 17.4. The maximum Gasteiger partial charge on any atom is 0.268 e. The summed E-state index contributed by atoms with van der Waals surface area (Å²) in [6.07, 6.45) is 1.34. The number of nitrogens with zero attached hydrogens (tertiary/aromatic N) is 3. The number of amides is 2. The average molecular weight is 504 g/mol. The molecule has 2 amide bonds. The Morgan fingerprint density at radius 1 is 1.14 bits per heavy atom. The molecule has 0 N–H and O–H groups in total. The van der Waals surface area contributed by atoms with Gasteiger partial charge in [0.25, 0.3) is 5.91 Å². The summed E-state index contributed by atoms with van der Waals surface area (Å²) in [7, 11) is 3.97. The predicted octanol–water partition coefficient (Wildman–Crippen LogP) is 4.85. The standard InChI is InChI=1S/C29H30ClN3O3/c1-4-28(34)32-16-19(17-32)18-33-25-15-24(30)23(22-11-7-9-20-8-5-6-10-21(20)22)14-27(25)36-26(29(33)35)12-13-31(2)3/h4-11,14-15,19,26H,1,12-13,16-18H2,2-3H3/t26-/m1/s1. The molecule has 2 aliphatic rings. The summed E-state index contributed by atoms with van der Waals surface area (Å²) in [5.41, 5.74) is 2.58. The van der Waals surface area contributed by atoms with Crippen molar-refractivity contribution in [2.24, 2.45) is 5.92 Å². The van der Waals surface area contributed by atoms with Crippen LogP contribution in [-0.4, -0.2) is 68.0 Å². The van der Waals surface area contributed by atoms with E-state index in [2.05, 4.69) is 30.8 Å². The zero-order chi connectivity index (χ0) is 25.4. The monoisotopic (exact) mass is 503 g/mol. The maximum atomic E-state index is 13.5. The Kier molecular flexibility index (Phi) is 6.73. The van der Waals surface area contributed by atoms with Gasteiger partial charge in [0, 0.05) is 44.1 Å². The Morgan fingerprint density at radius 2 is 1.89 bits per heavy atom. The summed E-state index contributed by atoms with van der Waals surface area (Å²) in [4.78, 5) is 31.0. The molecule has 7 heteroatoms. The lowest BCUT2D eigenvalue weighted by Crippen LogP contribution is -2.56. The first-order valence-electron chi connectivity index (χ1n) is 12.2. The Hall–Kier alpha value is -3.35. The van der Waals surface area contributed by atoms with Crippen molar-refractivity contribution in [2.45, 2.75) is 12.5 Å². The number of likely N-dealkylation sites (tertiary alicyclic amines) is 1. The lowest BCUT2D eigenvalue weighted by atomic mass is 9.95. The van der Waals surface area contributed by atoms with Crippen LogP contribution in [-0.2, 0) is 9.59 Å². The van der Waals surface area contributed by atoms with Gasteiger partial charge in [0.1, 0.15) is 5.75 Å². The van der Waals surface area contributed by atoms with Gasteiger partial charge in [-0.25, -0.2) is 0 Å². The van der Waals surface area contributed by atoms with Crippen LogP contribution in [0.25, 0.3) is 21.9 Å². The molecular formula is C29H30ClN3O3. The second-order valence-electron chi connectivity index (χ2n) is 9.79. The van der Waals surface area contributed by atoms with Gasteiger partial charge in [-0.15, -0.1) is 0 Å². The number of ether oxygens (including phenoxy) is 1.